The van der Waals surface area contributed by atoms with Crippen molar-refractivity contribution in [2.24, 2.45) is 17.8 Å². The molecule has 7 nitrogen and oxygen atoms in total. The van der Waals surface area contributed by atoms with Gasteiger partial charge in [-0.25, -0.2) is 4.99 Å². The summed E-state index contributed by atoms with van der Waals surface area (Å²) >= 11 is 6.22. The number of nitrogens with zero attached hydrogens (tertiary/aromatic N) is 3. The first-order valence-electron chi connectivity index (χ1n) is 7.02. The van der Waals surface area contributed by atoms with Crippen molar-refractivity contribution in [3.05, 3.63) is 53.0 Å². The number of halogens is 1. The van der Waals surface area contributed by atoms with Crippen LogP contribution in [0.3, 0.4) is 0 Å². The van der Waals surface area contributed by atoms with Gasteiger partial charge in [-0.3, -0.25) is 10.4 Å². The lowest BCUT2D eigenvalue weighted by atomic mass is 10.0. The molecule has 0 saturated heterocycles. The molecular formula is C15H18ClN7. The molecule has 1 unspecified atom stereocenters. The van der Waals surface area contributed by atoms with Crippen molar-refractivity contribution >= 4 is 28.8 Å². The zero-order valence-corrected chi connectivity index (χ0v) is 13.6. The van der Waals surface area contributed by atoms with Gasteiger partial charge in [-0.15, -0.1) is 0 Å². The van der Waals surface area contributed by atoms with Crippen LogP contribution in [-0.4, -0.2) is 15.6 Å². The highest BCUT2D eigenvalue weighted by Gasteiger charge is 2.31. The second-order valence-electron chi connectivity index (χ2n) is 5.47. The quantitative estimate of drug-likeness (QED) is 0.625. The Balaban J connectivity index is 1.98. The van der Waals surface area contributed by atoms with E-state index >= 15 is 0 Å². The molecule has 0 saturated carbocycles. The molecule has 120 valence electrons. The predicted octanol–water partition coefficient (Wildman–Crippen LogP) is 1.57. The van der Waals surface area contributed by atoms with Crippen molar-refractivity contribution in [3.8, 4) is 0 Å². The molecule has 0 fully saturated rings. The fraction of sp³-hybridized carbons (Fsp3) is 0.200. The first-order chi connectivity index (χ1) is 10.9. The Morgan fingerprint density at radius 3 is 2.87 bits per heavy atom. The number of hydrogen-bond acceptors (Lipinski definition) is 6. The summed E-state index contributed by atoms with van der Waals surface area (Å²) in [6, 6.07) is 5.54. The molecule has 8 heteroatoms. The number of amidine groups is 1. The summed E-state index contributed by atoms with van der Waals surface area (Å²) < 4.78 is 1.68. The summed E-state index contributed by atoms with van der Waals surface area (Å²) in [5, 5.41) is 10.7. The van der Waals surface area contributed by atoms with E-state index in [9.17, 15) is 0 Å². The van der Waals surface area contributed by atoms with Crippen LogP contribution >= 0.6 is 11.6 Å². The Bertz CT molecular complexity index is 808. The van der Waals surface area contributed by atoms with Crippen LogP contribution in [0.25, 0.3) is 0 Å². The molecule has 6 N–H and O–H groups in total. The van der Waals surface area contributed by atoms with Crippen molar-refractivity contribution < 1.29 is 0 Å². The number of nitrogen functional groups attached to an aromatic ring is 1. The molecular weight excluding hydrogens is 314 g/mol. The third kappa shape index (κ3) is 3.01. The lowest BCUT2D eigenvalue weighted by Gasteiger charge is -2.32. The van der Waals surface area contributed by atoms with E-state index in [1.54, 1.807) is 23.1 Å². The fourth-order valence-electron chi connectivity index (χ4n) is 2.40. The van der Waals surface area contributed by atoms with E-state index in [0.29, 0.717) is 16.6 Å². The van der Waals surface area contributed by atoms with Crippen molar-refractivity contribution in [2.75, 3.05) is 11.1 Å². The highest BCUT2D eigenvalue weighted by molar-refractivity contribution is 6.45. The summed E-state index contributed by atoms with van der Waals surface area (Å²) in [5.41, 5.74) is 15.5. The van der Waals surface area contributed by atoms with Crippen LogP contribution in [0.4, 0.5) is 11.4 Å². The van der Waals surface area contributed by atoms with Crippen LogP contribution in [0.5, 0.6) is 0 Å². The normalized spacial score (nSPS) is 20.5. The summed E-state index contributed by atoms with van der Waals surface area (Å²) in [6.07, 6.45) is 5.12. The minimum atomic E-state index is -1.15. The number of nitrogens with two attached hydrogens (primary N) is 2. The predicted molar refractivity (Wildman–Crippen MR) is 92.8 cm³/mol. The summed E-state index contributed by atoms with van der Waals surface area (Å²) in [4.78, 5) is 4.55. The molecule has 1 aliphatic rings. The number of hydrogen-bond donors (Lipinski definition) is 4. The maximum Gasteiger partial charge on any atom is 0.211 e. The van der Waals surface area contributed by atoms with Gasteiger partial charge < -0.3 is 16.4 Å². The summed E-state index contributed by atoms with van der Waals surface area (Å²) in [7, 11) is 1.83. The first-order valence-corrected chi connectivity index (χ1v) is 7.40. The fourth-order valence-corrected chi connectivity index (χ4v) is 2.55. The van der Waals surface area contributed by atoms with Gasteiger partial charge in [0.05, 0.1) is 16.9 Å². The number of aryl methyl sites for hydroxylation is 2. The molecule has 1 atom stereocenters. The minimum absolute atomic E-state index is 0.427. The summed E-state index contributed by atoms with van der Waals surface area (Å²) in [6.45, 7) is 1.95. The van der Waals surface area contributed by atoms with E-state index in [0.717, 1.165) is 16.8 Å². The zero-order chi connectivity index (χ0) is 16.6. The van der Waals surface area contributed by atoms with Gasteiger partial charge >= 0.3 is 0 Å². The van der Waals surface area contributed by atoms with Gasteiger partial charge in [0, 0.05) is 30.7 Å². The van der Waals surface area contributed by atoms with Gasteiger partial charge in [0.15, 0.2) is 0 Å². The lowest BCUT2D eigenvalue weighted by molar-refractivity contribution is 0.407. The Labute approximate surface area is 139 Å². The van der Waals surface area contributed by atoms with Gasteiger partial charge in [-0.1, -0.05) is 17.7 Å². The molecule has 1 aromatic carbocycles. The molecule has 2 heterocycles. The molecule has 3 rings (SSSR count). The minimum Gasteiger partial charge on any atom is -0.399 e. The molecule has 0 aliphatic carbocycles. The second kappa shape index (κ2) is 5.60. The van der Waals surface area contributed by atoms with E-state index in [4.69, 9.17) is 23.1 Å². The third-order valence-electron chi connectivity index (χ3n) is 3.57. The van der Waals surface area contributed by atoms with E-state index in [2.05, 4.69) is 20.7 Å². The summed E-state index contributed by atoms with van der Waals surface area (Å²) in [5.74, 6) is -0.690. The second-order valence-corrected chi connectivity index (χ2v) is 5.87. The Hall–Kier alpha value is -2.51. The standard InChI is InChI=1S/C15H18ClN7/c1-9-3-4-10(17)5-12(9)15(18)19-7-13(16)14(22-15)21-11-6-20-23(2)8-11/h3-8,19H,17-18H2,1-2H3,(H,21,22). The van der Waals surface area contributed by atoms with Gasteiger partial charge in [-0.05, 0) is 24.6 Å². The van der Waals surface area contributed by atoms with Gasteiger partial charge in [-0.2, -0.15) is 5.10 Å². The molecule has 0 amide bonds. The average Bonchev–Trinajstić information content (AvgIpc) is 2.91. The van der Waals surface area contributed by atoms with Crippen molar-refractivity contribution in [2.45, 2.75) is 12.7 Å². The number of rotatable bonds is 2. The molecule has 2 aromatic rings. The number of aromatic nitrogens is 2. The van der Waals surface area contributed by atoms with Crippen LogP contribution in [0.1, 0.15) is 11.1 Å². The molecule has 1 aromatic heterocycles. The lowest BCUT2D eigenvalue weighted by Crippen LogP contribution is -2.50. The highest BCUT2D eigenvalue weighted by Crippen LogP contribution is 2.27. The smallest absolute Gasteiger partial charge is 0.211 e. The van der Waals surface area contributed by atoms with Crippen LogP contribution in [-0.2, 0) is 12.8 Å². The number of benzene rings is 1. The molecule has 0 radical (unpaired) electrons. The average molecular weight is 332 g/mol. The zero-order valence-electron chi connectivity index (χ0n) is 12.8. The Morgan fingerprint density at radius 1 is 1.39 bits per heavy atom. The Kier molecular flexibility index (Phi) is 3.75. The highest BCUT2D eigenvalue weighted by atomic mass is 35.5. The maximum atomic E-state index is 6.44. The number of aliphatic imine (C=N–C) groups is 1. The third-order valence-corrected chi connectivity index (χ3v) is 3.86. The molecule has 1 aliphatic heterocycles. The topological polar surface area (TPSA) is 106 Å². The number of anilines is 2. The molecule has 0 bridgehead atoms. The largest absolute Gasteiger partial charge is 0.399 e. The maximum absolute atomic E-state index is 6.44. The SMILES string of the molecule is Cc1ccc(N)cc1C1(N)N=C(Nc2cnn(C)c2)C(Cl)=CN1. The van der Waals surface area contributed by atoms with Crippen LogP contribution < -0.4 is 22.1 Å². The van der Waals surface area contributed by atoms with E-state index in [1.165, 1.54) is 0 Å². The van der Waals surface area contributed by atoms with E-state index in [1.807, 2.05) is 32.3 Å². The first kappa shape index (κ1) is 15.4. The van der Waals surface area contributed by atoms with Crippen molar-refractivity contribution in [1.82, 2.24) is 15.1 Å². The molecule has 0 spiro atoms. The van der Waals surface area contributed by atoms with E-state index < -0.39 is 5.79 Å². The molecule has 23 heavy (non-hydrogen) atoms. The van der Waals surface area contributed by atoms with E-state index in [-0.39, 0.29) is 0 Å². The van der Waals surface area contributed by atoms with Crippen molar-refractivity contribution in [3.63, 3.8) is 0 Å². The van der Waals surface area contributed by atoms with Crippen LogP contribution in [0.2, 0.25) is 0 Å². The van der Waals surface area contributed by atoms with Crippen molar-refractivity contribution in [1.29, 1.82) is 0 Å². The Morgan fingerprint density at radius 2 is 2.17 bits per heavy atom. The van der Waals surface area contributed by atoms with Gasteiger partial charge in [0.1, 0.15) is 5.84 Å². The van der Waals surface area contributed by atoms with Gasteiger partial charge in [0.25, 0.3) is 0 Å². The monoisotopic (exact) mass is 331 g/mol. The van der Waals surface area contributed by atoms with Gasteiger partial charge in [0.2, 0.25) is 5.79 Å². The van der Waals surface area contributed by atoms with Crippen LogP contribution in [0, 0.1) is 6.92 Å². The van der Waals surface area contributed by atoms with Crippen LogP contribution in [0.15, 0.2) is 46.8 Å². The number of nitrogens with one attached hydrogen (secondary N) is 2.